The van der Waals surface area contributed by atoms with Crippen molar-refractivity contribution in [3.63, 3.8) is 0 Å². The Balaban J connectivity index is 1.83. The van der Waals surface area contributed by atoms with Crippen LogP contribution in [0.15, 0.2) is 30.3 Å². The molecule has 0 bridgehead atoms. The van der Waals surface area contributed by atoms with E-state index < -0.39 is 0 Å². The standard InChI is InChI=1S/C14H21NO/c1-15-14(13-9-10-16-11-13)8-7-12-5-3-2-4-6-12/h2-6,13-15H,7-11H2,1H3. The van der Waals surface area contributed by atoms with Gasteiger partial charge in [-0.1, -0.05) is 30.3 Å². The zero-order chi connectivity index (χ0) is 11.2. The molecule has 0 aliphatic carbocycles. The van der Waals surface area contributed by atoms with Crippen LogP contribution >= 0.6 is 0 Å². The topological polar surface area (TPSA) is 21.3 Å². The Kier molecular flexibility index (Phi) is 4.37. The van der Waals surface area contributed by atoms with E-state index in [2.05, 4.69) is 42.7 Å². The van der Waals surface area contributed by atoms with Crippen molar-refractivity contribution in [1.29, 1.82) is 0 Å². The first kappa shape index (κ1) is 11.6. The first-order chi connectivity index (χ1) is 7.90. The van der Waals surface area contributed by atoms with E-state index in [1.54, 1.807) is 0 Å². The molecule has 2 unspecified atom stereocenters. The molecule has 2 rings (SSSR count). The average Bonchev–Trinajstić information content (AvgIpc) is 2.85. The van der Waals surface area contributed by atoms with Crippen molar-refractivity contribution in [3.05, 3.63) is 35.9 Å². The van der Waals surface area contributed by atoms with E-state index in [1.165, 1.54) is 18.4 Å². The van der Waals surface area contributed by atoms with E-state index in [0.29, 0.717) is 12.0 Å². The molecule has 0 saturated carbocycles. The molecule has 0 radical (unpaired) electrons. The van der Waals surface area contributed by atoms with Gasteiger partial charge in [-0.15, -0.1) is 0 Å². The Labute approximate surface area is 98.0 Å². The van der Waals surface area contributed by atoms with Gasteiger partial charge in [-0.2, -0.15) is 0 Å². The zero-order valence-electron chi connectivity index (χ0n) is 9.99. The highest BCUT2D eigenvalue weighted by Gasteiger charge is 2.23. The van der Waals surface area contributed by atoms with E-state index in [-0.39, 0.29) is 0 Å². The smallest absolute Gasteiger partial charge is 0.0510 e. The third kappa shape index (κ3) is 3.06. The van der Waals surface area contributed by atoms with Crippen LogP contribution in [0.3, 0.4) is 0 Å². The highest BCUT2D eigenvalue weighted by molar-refractivity contribution is 5.14. The highest BCUT2D eigenvalue weighted by atomic mass is 16.5. The van der Waals surface area contributed by atoms with Crippen molar-refractivity contribution >= 4 is 0 Å². The third-order valence-electron chi connectivity index (χ3n) is 3.49. The van der Waals surface area contributed by atoms with Crippen LogP contribution in [0.4, 0.5) is 0 Å². The largest absolute Gasteiger partial charge is 0.381 e. The summed E-state index contributed by atoms with van der Waals surface area (Å²) in [7, 11) is 2.06. The first-order valence-electron chi connectivity index (χ1n) is 6.19. The maximum atomic E-state index is 5.45. The van der Waals surface area contributed by atoms with Gasteiger partial charge in [0.1, 0.15) is 0 Å². The first-order valence-corrected chi connectivity index (χ1v) is 6.19. The summed E-state index contributed by atoms with van der Waals surface area (Å²) < 4.78 is 5.45. The average molecular weight is 219 g/mol. The SMILES string of the molecule is CNC(CCc1ccccc1)C1CCOC1. The number of hydrogen-bond donors (Lipinski definition) is 1. The fraction of sp³-hybridized carbons (Fsp3) is 0.571. The molecule has 2 heteroatoms. The van der Waals surface area contributed by atoms with Crippen LogP contribution in [-0.2, 0) is 11.2 Å². The van der Waals surface area contributed by atoms with Crippen molar-refractivity contribution in [2.75, 3.05) is 20.3 Å². The van der Waals surface area contributed by atoms with Gasteiger partial charge >= 0.3 is 0 Å². The molecule has 2 atom stereocenters. The van der Waals surface area contributed by atoms with Gasteiger partial charge in [0.05, 0.1) is 6.61 Å². The van der Waals surface area contributed by atoms with E-state index >= 15 is 0 Å². The molecule has 1 aromatic carbocycles. The molecule has 1 aliphatic heterocycles. The molecule has 1 aliphatic rings. The van der Waals surface area contributed by atoms with Crippen molar-refractivity contribution in [2.24, 2.45) is 5.92 Å². The van der Waals surface area contributed by atoms with Crippen molar-refractivity contribution in [2.45, 2.75) is 25.3 Å². The lowest BCUT2D eigenvalue weighted by Gasteiger charge is -2.21. The molecule has 1 fully saturated rings. The number of rotatable bonds is 5. The van der Waals surface area contributed by atoms with Crippen LogP contribution in [-0.4, -0.2) is 26.3 Å². The Bertz CT molecular complexity index is 293. The maximum absolute atomic E-state index is 5.45. The molecule has 16 heavy (non-hydrogen) atoms. The molecular formula is C14H21NO. The van der Waals surface area contributed by atoms with Crippen LogP contribution < -0.4 is 5.32 Å². The second-order valence-electron chi connectivity index (χ2n) is 4.54. The van der Waals surface area contributed by atoms with E-state index in [9.17, 15) is 0 Å². The van der Waals surface area contributed by atoms with E-state index in [0.717, 1.165) is 19.6 Å². The Morgan fingerprint density at radius 3 is 2.81 bits per heavy atom. The van der Waals surface area contributed by atoms with Crippen LogP contribution in [0.1, 0.15) is 18.4 Å². The maximum Gasteiger partial charge on any atom is 0.0510 e. The van der Waals surface area contributed by atoms with Crippen molar-refractivity contribution in [1.82, 2.24) is 5.32 Å². The molecular weight excluding hydrogens is 198 g/mol. The fourth-order valence-corrected chi connectivity index (χ4v) is 2.45. The van der Waals surface area contributed by atoms with Gasteiger partial charge in [0.15, 0.2) is 0 Å². The molecule has 0 spiro atoms. The summed E-state index contributed by atoms with van der Waals surface area (Å²) in [4.78, 5) is 0. The summed E-state index contributed by atoms with van der Waals surface area (Å²) in [6, 6.07) is 11.3. The summed E-state index contributed by atoms with van der Waals surface area (Å²) in [6.07, 6.45) is 3.57. The van der Waals surface area contributed by atoms with Crippen molar-refractivity contribution in [3.8, 4) is 0 Å². The van der Waals surface area contributed by atoms with Gasteiger partial charge in [0.25, 0.3) is 0 Å². The van der Waals surface area contributed by atoms with Crippen LogP contribution in [0.5, 0.6) is 0 Å². The number of hydrogen-bond acceptors (Lipinski definition) is 2. The van der Waals surface area contributed by atoms with Gasteiger partial charge in [0.2, 0.25) is 0 Å². The summed E-state index contributed by atoms with van der Waals surface area (Å²) in [5, 5.41) is 3.43. The van der Waals surface area contributed by atoms with E-state index in [1.807, 2.05) is 0 Å². The normalized spacial score (nSPS) is 22.2. The van der Waals surface area contributed by atoms with Gasteiger partial charge in [-0.25, -0.2) is 0 Å². The van der Waals surface area contributed by atoms with Gasteiger partial charge in [-0.3, -0.25) is 0 Å². The van der Waals surface area contributed by atoms with Gasteiger partial charge < -0.3 is 10.1 Å². The lowest BCUT2D eigenvalue weighted by atomic mass is 9.93. The molecule has 0 amide bonds. The molecule has 1 aromatic rings. The second kappa shape index (κ2) is 6.02. The molecule has 88 valence electrons. The summed E-state index contributed by atoms with van der Waals surface area (Å²) in [5.41, 5.74) is 1.43. The zero-order valence-corrected chi connectivity index (χ0v) is 9.99. The number of aryl methyl sites for hydroxylation is 1. The summed E-state index contributed by atoms with van der Waals surface area (Å²) in [6.45, 7) is 1.87. The predicted molar refractivity (Wildman–Crippen MR) is 66.5 cm³/mol. The molecule has 1 saturated heterocycles. The van der Waals surface area contributed by atoms with Gasteiger partial charge in [0, 0.05) is 12.6 Å². The molecule has 0 aromatic heterocycles. The minimum atomic E-state index is 0.600. The summed E-state index contributed by atoms with van der Waals surface area (Å²) in [5.74, 6) is 0.703. The molecule has 1 N–H and O–H groups in total. The van der Waals surface area contributed by atoms with Crippen molar-refractivity contribution < 1.29 is 4.74 Å². The fourth-order valence-electron chi connectivity index (χ4n) is 2.45. The minimum absolute atomic E-state index is 0.600. The predicted octanol–water partition coefficient (Wildman–Crippen LogP) is 2.24. The summed E-state index contributed by atoms with van der Waals surface area (Å²) >= 11 is 0. The Morgan fingerprint density at radius 1 is 1.38 bits per heavy atom. The second-order valence-corrected chi connectivity index (χ2v) is 4.54. The molecule has 2 nitrogen and oxygen atoms in total. The highest BCUT2D eigenvalue weighted by Crippen LogP contribution is 2.20. The third-order valence-corrected chi connectivity index (χ3v) is 3.49. The van der Waals surface area contributed by atoms with Crippen LogP contribution in [0.25, 0.3) is 0 Å². The number of ether oxygens (including phenoxy) is 1. The lowest BCUT2D eigenvalue weighted by molar-refractivity contribution is 0.176. The number of nitrogens with one attached hydrogen (secondary N) is 1. The number of benzene rings is 1. The molecule has 1 heterocycles. The monoisotopic (exact) mass is 219 g/mol. The minimum Gasteiger partial charge on any atom is -0.381 e. The van der Waals surface area contributed by atoms with Crippen LogP contribution in [0, 0.1) is 5.92 Å². The van der Waals surface area contributed by atoms with E-state index in [4.69, 9.17) is 4.74 Å². The Hall–Kier alpha value is -0.860. The quantitative estimate of drug-likeness (QED) is 0.820. The lowest BCUT2D eigenvalue weighted by Crippen LogP contribution is -2.34. The van der Waals surface area contributed by atoms with Gasteiger partial charge in [-0.05, 0) is 37.8 Å². The van der Waals surface area contributed by atoms with Crippen LogP contribution in [0.2, 0.25) is 0 Å². The Morgan fingerprint density at radius 2 is 2.19 bits per heavy atom.